The number of carbonyl (C=O) groups is 1. The van der Waals surface area contributed by atoms with E-state index < -0.39 is 5.97 Å². The number of carboxylic acids is 1. The van der Waals surface area contributed by atoms with Crippen molar-refractivity contribution < 1.29 is 14.6 Å². The Morgan fingerprint density at radius 2 is 1.94 bits per heavy atom. The first-order chi connectivity index (χ1) is 8.49. The minimum atomic E-state index is -0.733. The number of ether oxygens (including phenoxy) is 1. The largest absolute Gasteiger partial charge is 0.494 e. The Hall–Kier alpha value is -1.03. The lowest BCUT2D eigenvalue weighted by atomic mass is 9.95. The van der Waals surface area contributed by atoms with Crippen LogP contribution < -0.4 is 4.74 Å². The average Bonchev–Trinajstić information content (AvgIpc) is 2.29. The summed E-state index contributed by atoms with van der Waals surface area (Å²) < 4.78 is 6.54. The molecule has 100 valence electrons. The van der Waals surface area contributed by atoms with Crippen LogP contribution >= 0.6 is 15.9 Å². The summed E-state index contributed by atoms with van der Waals surface area (Å²) in [4.78, 5) is 11.1. The molecule has 0 amide bonds. The molecule has 1 aromatic carbocycles. The molecule has 0 aliphatic heterocycles. The van der Waals surface area contributed by atoms with Gasteiger partial charge in [0.15, 0.2) is 0 Å². The molecular weight excluding hydrogens is 296 g/mol. The van der Waals surface area contributed by atoms with E-state index in [-0.39, 0.29) is 5.92 Å². The molecule has 0 radical (unpaired) electrons. The van der Waals surface area contributed by atoms with Gasteiger partial charge in [0.1, 0.15) is 5.75 Å². The number of halogens is 1. The molecule has 0 spiro atoms. The zero-order valence-corrected chi connectivity index (χ0v) is 12.3. The molecule has 18 heavy (non-hydrogen) atoms. The second-order valence-electron chi connectivity index (χ2n) is 4.76. The second-order valence-corrected chi connectivity index (χ2v) is 5.67. The van der Waals surface area contributed by atoms with Crippen LogP contribution in [-0.4, -0.2) is 17.7 Å². The zero-order chi connectivity index (χ0) is 13.5. The van der Waals surface area contributed by atoms with Gasteiger partial charge >= 0.3 is 5.97 Å². The first kappa shape index (κ1) is 15.0. The summed E-state index contributed by atoms with van der Waals surface area (Å²) in [5.74, 6) is 0.106. The lowest BCUT2D eigenvalue weighted by Gasteiger charge is -2.15. The molecule has 4 heteroatoms. The fraction of sp³-hybridized carbons (Fsp3) is 0.500. The molecule has 1 N–H and O–H groups in total. The molecule has 0 saturated heterocycles. The van der Waals surface area contributed by atoms with Crippen LogP contribution in [0.4, 0.5) is 0 Å². The molecule has 3 nitrogen and oxygen atoms in total. The van der Waals surface area contributed by atoms with Crippen molar-refractivity contribution in [1.29, 1.82) is 0 Å². The van der Waals surface area contributed by atoms with Crippen molar-refractivity contribution in [2.24, 2.45) is 11.8 Å². The van der Waals surface area contributed by atoms with Crippen molar-refractivity contribution in [1.82, 2.24) is 0 Å². The highest BCUT2D eigenvalue weighted by Crippen LogP contribution is 2.19. The average molecular weight is 315 g/mol. The standard InChI is InChI=1S/C14H19BrO3/c1-10(2)9-11(14(16)17)7-8-18-13-5-3-12(15)4-6-13/h3-6,10-11H,7-9H2,1-2H3,(H,16,17). The number of aliphatic carboxylic acids is 1. The van der Waals surface area contributed by atoms with Crippen LogP contribution in [0.1, 0.15) is 26.7 Å². The molecule has 0 aliphatic carbocycles. The van der Waals surface area contributed by atoms with Crippen molar-refractivity contribution in [2.45, 2.75) is 26.7 Å². The lowest BCUT2D eigenvalue weighted by Crippen LogP contribution is -2.18. The number of carboxylic acid groups (broad SMARTS) is 1. The van der Waals surface area contributed by atoms with E-state index in [1.165, 1.54) is 0 Å². The van der Waals surface area contributed by atoms with E-state index in [0.29, 0.717) is 25.4 Å². The highest BCUT2D eigenvalue weighted by Gasteiger charge is 2.18. The number of hydrogen-bond donors (Lipinski definition) is 1. The highest BCUT2D eigenvalue weighted by atomic mass is 79.9. The molecule has 0 bridgehead atoms. The zero-order valence-electron chi connectivity index (χ0n) is 10.7. The van der Waals surface area contributed by atoms with Crippen LogP contribution in [0.3, 0.4) is 0 Å². The molecule has 1 atom stereocenters. The smallest absolute Gasteiger partial charge is 0.306 e. The lowest BCUT2D eigenvalue weighted by molar-refractivity contribution is -0.142. The fourth-order valence-corrected chi connectivity index (χ4v) is 2.03. The topological polar surface area (TPSA) is 46.5 Å². The number of hydrogen-bond acceptors (Lipinski definition) is 2. The maximum absolute atomic E-state index is 11.1. The Kier molecular flexibility index (Phi) is 6.19. The third kappa shape index (κ3) is 5.54. The van der Waals surface area contributed by atoms with Crippen molar-refractivity contribution in [2.75, 3.05) is 6.61 Å². The van der Waals surface area contributed by atoms with Gasteiger partial charge in [-0.05, 0) is 43.0 Å². The number of rotatable bonds is 7. The SMILES string of the molecule is CC(C)CC(CCOc1ccc(Br)cc1)C(=O)O. The summed E-state index contributed by atoms with van der Waals surface area (Å²) in [5, 5.41) is 9.09. The van der Waals surface area contributed by atoms with Crippen LogP contribution in [0.5, 0.6) is 5.75 Å². The van der Waals surface area contributed by atoms with E-state index in [2.05, 4.69) is 15.9 Å². The van der Waals surface area contributed by atoms with Crippen molar-refractivity contribution in [3.05, 3.63) is 28.7 Å². The van der Waals surface area contributed by atoms with Gasteiger partial charge in [0.2, 0.25) is 0 Å². The molecule has 1 aromatic rings. The summed E-state index contributed by atoms with van der Waals surface area (Å²) in [7, 11) is 0. The van der Waals surface area contributed by atoms with Gasteiger partial charge in [0.25, 0.3) is 0 Å². The van der Waals surface area contributed by atoms with Crippen LogP contribution in [0.25, 0.3) is 0 Å². The Bertz CT molecular complexity index is 373. The van der Waals surface area contributed by atoms with Gasteiger partial charge < -0.3 is 9.84 Å². The van der Waals surface area contributed by atoms with Gasteiger partial charge in [-0.3, -0.25) is 4.79 Å². The highest BCUT2D eigenvalue weighted by molar-refractivity contribution is 9.10. The number of benzene rings is 1. The van der Waals surface area contributed by atoms with Gasteiger partial charge in [-0.15, -0.1) is 0 Å². The molecule has 0 saturated carbocycles. The first-order valence-electron chi connectivity index (χ1n) is 6.10. The molecular formula is C14H19BrO3. The van der Waals surface area contributed by atoms with Crippen molar-refractivity contribution >= 4 is 21.9 Å². The first-order valence-corrected chi connectivity index (χ1v) is 6.89. The van der Waals surface area contributed by atoms with E-state index >= 15 is 0 Å². The summed E-state index contributed by atoms with van der Waals surface area (Å²) in [5.41, 5.74) is 0. The van der Waals surface area contributed by atoms with E-state index in [4.69, 9.17) is 9.84 Å². The minimum Gasteiger partial charge on any atom is -0.494 e. The summed E-state index contributed by atoms with van der Waals surface area (Å²) >= 11 is 3.35. The predicted molar refractivity (Wildman–Crippen MR) is 74.8 cm³/mol. The molecule has 1 rings (SSSR count). The van der Waals surface area contributed by atoms with E-state index in [9.17, 15) is 4.79 Å². The Labute approximate surface area is 116 Å². The molecule has 1 unspecified atom stereocenters. The van der Waals surface area contributed by atoms with Crippen molar-refractivity contribution in [3.63, 3.8) is 0 Å². The van der Waals surface area contributed by atoms with E-state index in [1.54, 1.807) is 0 Å². The monoisotopic (exact) mass is 314 g/mol. The normalized spacial score (nSPS) is 12.4. The van der Waals surface area contributed by atoms with Crippen LogP contribution in [0.2, 0.25) is 0 Å². The summed E-state index contributed by atoms with van der Waals surface area (Å²) in [6.07, 6.45) is 1.24. The Morgan fingerprint density at radius 3 is 2.44 bits per heavy atom. The maximum atomic E-state index is 11.1. The second kappa shape index (κ2) is 7.41. The van der Waals surface area contributed by atoms with E-state index in [0.717, 1.165) is 10.2 Å². The van der Waals surface area contributed by atoms with Gasteiger partial charge in [0.05, 0.1) is 12.5 Å². The van der Waals surface area contributed by atoms with Gasteiger partial charge in [0, 0.05) is 4.47 Å². The molecule has 0 aliphatic rings. The van der Waals surface area contributed by atoms with E-state index in [1.807, 2.05) is 38.1 Å². The molecule has 0 fully saturated rings. The molecule has 0 heterocycles. The van der Waals surface area contributed by atoms with Crippen LogP contribution in [-0.2, 0) is 4.79 Å². The third-order valence-electron chi connectivity index (χ3n) is 2.65. The minimum absolute atomic E-state index is 0.319. The quantitative estimate of drug-likeness (QED) is 0.828. The fourth-order valence-electron chi connectivity index (χ4n) is 1.76. The van der Waals surface area contributed by atoms with Crippen molar-refractivity contribution in [3.8, 4) is 5.75 Å². The Morgan fingerprint density at radius 1 is 1.33 bits per heavy atom. The summed E-state index contributed by atoms with van der Waals surface area (Å²) in [6, 6.07) is 7.53. The Balaban J connectivity index is 2.38. The maximum Gasteiger partial charge on any atom is 0.306 e. The van der Waals surface area contributed by atoms with Crippen LogP contribution in [0, 0.1) is 11.8 Å². The van der Waals surface area contributed by atoms with Gasteiger partial charge in [-0.1, -0.05) is 29.8 Å². The van der Waals surface area contributed by atoms with Gasteiger partial charge in [-0.2, -0.15) is 0 Å². The van der Waals surface area contributed by atoms with Crippen LogP contribution in [0.15, 0.2) is 28.7 Å². The third-order valence-corrected chi connectivity index (χ3v) is 3.18. The van der Waals surface area contributed by atoms with Gasteiger partial charge in [-0.25, -0.2) is 0 Å². The molecule has 0 aromatic heterocycles. The predicted octanol–water partition coefficient (Wildman–Crippen LogP) is 3.96. The summed E-state index contributed by atoms with van der Waals surface area (Å²) in [6.45, 7) is 4.50.